The molecule has 11 nitrogen and oxygen atoms in total. The third-order valence-electron chi connectivity index (χ3n) is 9.55. The van der Waals surface area contributed by atoms with Crippen molar-refractivity contribution in [3.63, 3.8) is 0 Å². The highest BCUT2D eigenvalue weighted by Crippen LogP contribution is 2.40. The molecule has 8 heterocycles. The van der Waals surface area contributed by atoms with Crippen molar-refractivity contribution in [2.75, 3.05) is 57.6 Å². The molecule has 2 bridgehead atoms. The number of nitrogen functional groups attached to an aromatic ring is 1. The zero-order chi connectivity index (χ0) is 29.7. The number of hydrogen-bond donors (Lipinski definition) is 2. The number of fused-ring (bicyclic) bond motifs is 5. The summed E-state index contributed by atoms with van der Waals surface area (Å²) >= 11 is 0. The number of nitrogens with one attached hydrogen (secondary N) is 1. The number of aryl methyl sites for hydroxylation is 1. The summed E-state index contributed by atoms with van der Waals surface area (Å²) in [6, 6.07) is 4.68. The minimum absolute atomic E-state index is 0.0448. The van der Waals surface area contributed by atoms with Crippen LogP contribution in [0.5, 0.6) is 6.01 Å². The second kappa shape index (κ2) is 11.1. The molecule has 4 saturated heterocycles. The molecule has 0 radical (unpaired) electrons. The van der Waals surface area contributed by atoms with Crippen LogP contribution in [0.1, 0.15) is 38.5 Å². The fourth-order valence-electron chi connectivity index (χ4n) is 7.59. The maximum atomic E-state index is 16.5. The number of anilines is 2. The zero-order valence-electron chi connectivity index (χ0n) is 25.1. The van der Waals surface area contributed by atoms with Crippen molar-refractivity contribution >= 4 is 33.6 Å². The number of ether oxygens (including phenoxy) is 2. The third-order valence-corrected chi connectivity index (χ3v) is 9.55. The maximum absolute atomic E-state index is 16.5. The summed E-state index contributed by atoms with van der Waals surface area (Å²) in [4.78, 5) is 23.5. The summed E-state index contributed by atoms with van der Waals surface area (Å²) in [6.45, 7) is 4.39. The first-order valence-corrected chi connectivity index (χ1v) is 15.3. The van der Waals surface area contributed by atoms with Crippen LogP contribution >= 0.6 is 0 Å². The molecule has 4 fully saturated rings. The molecular formula is C31H40FN9O2. The van der Waals surface area contributed by atoms with Crippen LogP contribution < -0.4 is 20.7 Å². The molecule has 3 N–H and O–H groups in total. The molecule has 43 heavy (non-hydrogen) atoms. The topological polar surface area (TPSA) is 119 Å². The minimum atomic E-state index is -0.498. The predicted molar refractivity (Wildman–Crippen MR) is 165 cm³/mol. The van der Waals surface area contributed by atoms with E-state index in [-0.39, 0.29) is 22.8 Å². The van der Waals surface area contributed by atoms with Crippen LogP contribution in [0.4, 0.5) is 16.0 Å². The van der Waals surface area contributed by atoms with Gasteiger partial charge in [-0.1, -0.05) is 0 Å². The molecule has 12 heteroatoms. The Morgan fingerprint density at radius 2 is 1.77 bits per heavy atom. The SMILES string of the molecule is COC.Cn1cc(-c2ncc3c(N4CC5CCC(C4)N5)nc(OCC45CCCN4CCC5)nc3c2F)c2nc(N)ccc21. The first kappa shape index (κ1) is 28.2. The lowest BCUT2D eigenvalue weighted by molar-refractivity contribution is 0.108. The van der Waals surface area contributed by atoms with Crippen LogP contribution in [-0.2, 0) is 11.8 Å². The van der Waals surface area contributed by atoms with E-state index in [4.69, 9.17) is 15.5 Å². The normalized spacial score (nSPS) is 22.7. The zero-order valence-corrected chi connectivity index (χ0v) is 25.1. The molecular weight excluding hydrogens is 549 g/mol. The van der Waals surface area contributed by atoms with E-state index in [2.05, 4.69) is 34.8 Å². The van der Waals surface area contributed by atoms with Crippen LogP contribution in [0, 0.1) is 5.82 Å². The Morgan fingerprint density at radius 1 is 1.05 bits per heavy atom. The van der Waals surface area contributed by atoms with E-state index < -0.39 is 5.82 Å². The van der Waals surface area contributed by atoms with Gasteiger partial charge in [-0.05, 0) is 63.7 Å². The smallest absolute Gasteiger partial charge is 0.319 e. The third kappa shape index (κ3) is 4.95. The monoisotopic (exact) mass is 589 g/mol. The van der Waals surface area contributed by atoms with E-state index in [9.17, 15) is 0 Å². The number of methoxy groups -OCH3 is 1. The molecule has 2 atom stereocenters. The molecule has 4 aromatic heterocycles. The number of nitrogens with zero attached hydrogens (tertiary/aromatic N) is 7. The number of halogens is 1. The molecule has 0 spiro atoms. The van der Waals surface area contributed by atoms with Gasteiger partial charge < -0.3 is 30.0 Å². The van der Waals surface area contributed by atoms with E-state index in [1.54, 1.807) is 26.5 Å². The summed E-state index contributed by atoms with van der Waals surface area (Å²) in [7, 11) is 5.16. The van der Waals surface area contributed by atoms with Gasteiger partial charge in [0.2, 0.25) is 0 Å². The molecule has 4 aromatic rings. The second-order valence-electron chi connectivity index (χ2n) is 12.4. The van der Waals surface area contributed by atoms with Gasteiger partial charge in [0.05, 0.1) is 16.4 Å². The van der Waals surface area contributed by atoms with Crippen LogP contribution in [0.25, 0.3) is 33.2 Å². The maximum Gasteiger partial charge on any atom is 0.319 e. The van der Waals surface area contributed by atoms with Crippen molar-refractivity contribution in [2.24, 2.45) is 7.05 Å². The fraction of sp³-hybridized carbons (Fsp3) is 0.548. The van der Waals surface area contributed by atoms with E-state index >= 15 is 4.39 Å². The van der Waals surface area contributed by atoms with Gasteiger partial charge in [-0.2, -0.15) is 9.97 Å². The minimum Gasteiger partial charge on any atom is -0.461 e. The molecule has 0 saturated carbocycles. The Balaban J connectivity index is 0.000000963. The number of rotatable bonds is 5. The summed E-state index contributed by atoms with van der Waals surface area (Å²) in [5, 5.41) is 4.28. The number of piperazine rings is 1. The molecule has 4 aliphatic rings. The van der Waals surface area contributed by atoms with E-state index in [1.807, 2.05) is 23.9 Å². The summed E-state index contributed by atoms with van der Waals surface area (Å²) in [5.41, 5.74) is 8.51. The molecule has 0 aromatic carbocycles. The number of aromatic nitrogens is 5. The predicted octanol–water partition coefficient (Wildman–Crippen LogP) is 3.51. The Labute approximate surface area is 250 Å². The van der Waals surface area contributed by atoms with Crippen molar-refractivity contribution in [1.29, 1.82) is 0 Å². The molecule has 2 unspecified atom stereocenters. The average molecular weight is 590 g/mol. The van der Waals surface area contributed by atoms with Gasteiger partial charge in [0.25, 0.3) is 0 Å². The number of pyridine rings is 2. The Morgan fingerprint density at radius 3 is 2.49 bits per heavy atom. The Bertz CT molecular complexity index is 1640. The highest BCUT2D eigenvalue weighted by molar-refractivity contribution is 5.97. The lowest BCUT2D eigenvalue weighted by Crippen LogP contribution is -2.51. The van der Waals surface area contributed by atoms with Gasteiger partial charge in [0, 0.05) is 64.4 Å². The summed E-state index contributed by atoms with van der Waals surface area (Å²) in [5.74, 6) is 0.577. The highest BCUT2D eigenvalue weighted by Gasteiger charge is 2.45. The van der Waals surface area contributed by atoms with Gasteiger partial charge in [0.1, 0.15) is 35.0 Å². The van der Waals surface area contributed by atoms with Gasteiger partial charge in [-0.3, -0.25) is 9.88 Å². The van der Waals surface area contributed by atoms with Gasteiger partial charge in [-0.25, -0.2) is 9.37 Å². The van der Waals surface area contributed by atoms with Crippen LogP contribution in [0.3, 0.4) is 0 Å². The van der Waals surface area contributed by atoms with Crippen LogP contribution in [0.15, 0.2) is 24.5 Å². The van der Waals surface area contributed by atoms with E-state index in [1.165, 1.54) is 12.8 Å². The Kier molecular flexibility index (Phi) is 7.30. The van der Waals surface area contributed by atoms with E-state index in [0.29, 0.717) is 46.8 Å². The van der Waals surface area contributed by atoms with Crippen molar-refractivity contribution in [3.8, 4) is 17.3 Å². The first-order valence-electron chi connectivity index (χ1n) is 15.3. The average Bonchev–Trinajstić information content (AvgIpc) is 3.75. The second-order valence-corrected chi connectivity index (χ2v) is 12.4. The van der Waals surface area contributed by atoms with Crippen LogP contribution in [0.2, 0.25) is 0 Å². The van der Waals surface area contributed by atoms with Gasteiger partial charge >= 0.3 is 6.01 Å². The van der Waals surface area contributed by atoms with Crippen molar-refractivity contribution in [3.05, 3.63) is 30.3 Å². The lowest BCUT2D eigenvalue weighted by Gasteiger charge is -2.34. The standard InChI is InChI=1S/C29H34FN9O.C2H6O/c1-37-15-20(24-21(37)6-7-22(31)34-24)25-23(30)26-19(12-32-25)27(38-13-17-4-5-18(14-38)33-17)36-28(35-26)40-16-29-8-2-10-39(29)11-3-9-29;1-3-2/h6-7,12,15,17-18,33H,2-5,8-11,13-14,16H2,1H3,(H2,31,34);1-2H3. The lowest BCUT2D eigenvalue weighted by atomic mass is 9.95. The van der Waals surface area contributed by atoms with E-state index in [0.717, 1.165) is 57.4 Å². The van der Waals surface area contributed by atoms with Gasteiger partial charge in [0.15, 0.2) is 5.82 Å². The van der Waals surface area contributed by atoms with Crippen LogP contribution in [-0.4, -0.2) is 94.0 Å². The molecule has 8 rings (SSSR count). The number of nitrogens with two attached hydrogens (primary N) is 1. The van der Waals surface area contributed by atoms with Gasteiger partial charge in [-0.15, -0.1) is 0 Å². The molecule has 0 amide bonds. The fourth-order valence-corrected chi connectivity index (χ4v) is 7.59. The summed E-state index contributed by atoms with van der Waals surface area (Å²) in [6.07, 6.45) is 10.4. The van der Waals surface area contributed by atoms with Crippen molar-refractivity contribution < 1.29 is 13.9 Å². The number of hydrogen-bond acceptors (Lipinski definition) is 10. The van der Waals surface area contributed by atoms with Crippen molar-refractivity contribution in [1.82, 2.24) is 34.7 Å². The molecule has 0 aliphatic carbocycles. The molecule has 4 aliphatic heterocycles. The highest BCUT2D eigenvalue weighted by atomic mass is 19.1. The Hall–Kier alpha value is -3.61. The first-order chi connectivity index (χ1) is 20.9. The molecule has 228 valence electrons. The van der Waals surface area contributed by atoms with Crippen molar-refractivity contribution in [2.45, 2.75) is 56.1 Å². The summed E-state index contributed by atoms with van der Waals surface area (Å²) < 4.78 is 29.1. The largest absolute Gasteiger partial charge is 0.461 e. The quantitative estimate of drug-likeness (QED) is 0.358.